The average molecular weight is 913 g/mol. The molecule has 65 heavy (non-hydrogen) atoms. The fourth-order valence-electron chi connectivity index (χ4n) is 6.46. The number of carbonyl (C=O) groups is 8. The molecule has 18 heteroatoms. The molecule has 0 saturated heterocycles. The van der Waals surface area contributed by atoms with Crippen molar-refractivity contribution in [3.8, 4) is 17.1 Å². The number of amides is 4. The fourth-order valence-corrected chi connectivity index (χ4v) is 6.46. The van der Waals surface area contributed by atoms with Crippen molar-refractivity contribution in [1.82, 2.24) is 21.0 Å². The van der Waals surface area contributed by atoms with E-state index in [-0.39, 0.29) is 49.3 Å². The number of hydrogen-bond donors (Lipinski definition) is 3. The van der Waals surface area contributed by atoms with E-state index >= 15 is 0 Å². The monoisotopic (exact) mass is 912 g/mol. The molecular weight excluding hydrogens is 845 g/mol. The number of nitrogens with zero attached hydrogens (tertiary/aromatic N) is 1. The molecule has 1 aromatic heterocycles. The predicted molar refractivity (Wildman–Crippen MR) is 237 cm³/mol. The lowest BCUT2D eigenvalue weighted by Crippen LogP contribution is -2.49. The molecule has 3 atom stereocenters. The van der Waals surface area contributed by atoms with Gasteiger partial charge < -0.3 is 44.2 Å². The Morgan fingerprint density at radius 2 is 1.43 bits per heavy atom. The van der Waals surface area contributed by atoms with Crippen molar-refractivity contribution in [2.75, 3.05) is 33.1 Å². The standard InChI is InChI=1S/C47H68N4O14/c1-7-12-16-17-33(36(11-5)51(31-52)65-46(59)47(6)22-23-47)42(55)48-30-49-44(57)38-21-20-37(64-38)32-18-19-34(39(27-32)63-29-41(54)61-25-14-9-3)43(56)50-35(45(58)62-26-15-10-4)28-40(53)60-24-13-8-2/h18-21,27,31,33,35-36H,7-17,22-26,28-30H2,1-6H3,(H,48,55)(H,49,57)(H,50,56)/t33-,35+,36-/m1/s1. The summed E-state index contributed by atoms with van der Waals surface area (Å²) in [4.78, 5) is 109. The minimum atomic E-state index is -1.39. The van der Waals surface area contributed by atoms with Crippen LogP contribution >= 0.6 is 0 Å². The van der Waals surface area contributed by atoms with Crippen LogP contribution in [0.25, 0.3) is 11.3 Å². The number of furan rings is 1. The van der Waals surface area contributed by atoms with Crippen molar-refractivity contribution in [2.45, 2.75) is 144 Å². The average Bonchev–Trinajstić information content (AvgIpc) is 3.85. The van der Waals surface area contributed by atoms with Gasteiger partial charge in [-0.1, -0.05) is 79.2 Å². The Morgan fingerprint density at radius 1 is 0.785 bits per heavy atom. The molecule has 2 aromatic rings. The molecule has 0 radical (unpaired) electrons. The van der Waals surface area contributed by atoms with Crippen LogP contribution in [0.4, 0.5) is 0 Å². The third-order valence-electron chi connectivity index (χ3n) is 10.9. The highest BCUT2D eigenvalue weighted by Gasteiger charge is 2.48. The molecule has 3 N–H and O–H groups in total. The van der Waals surface area contributed by atoms with Gasteiger partial charge in [-0.2, -0.15) is 5.06 Å². The van der Waals surface area contributed by atoms with Gasteiger partial charge in [0.2, 0.25) is 12.3 Å². The maximum Gasteiger partial charge on any atom is 0.344 e. The summed E-state index contributed by atoms with van der Waals surface area (Å²) in [7, 11) is 0. The normalized spacial score (nSPS) is 13.8. The lowest BCUT2D eigenvalue weighted by molar-refractivity contribution is -0.208. The van der Waals surface area contributed by atoms with Crippen LogP contribution in [0.15, 0.2) is 34.7 Å². The van der Waals surface area contributed by atoms with Crippen molar-refractivity contribution in [3.05, 3.63) is 41.7 Å². The second-order valence-electron chi connectivity index (χ2n) is 16.3. The van der Waals surface area contributed by atoms with Gasteiger partial charge in [-0.05, 0) is 76.1 Å². The van der Waals surface area contributed by atoms with E-state index in [4.69, 9.17) is 28.2 Å². The van der Waals surface area contributed by atoms with Crippen LogP contribution in [0, 0.1) is 11.3 Å². The number of hydroxylamine groups is 2. The van der Waals surface area contributed by atoms with Gasteiger partial charge in [0.05, 0.1) is 55.8 Å². The molecule has 1 heterocycles. The molecule has 0 spiro atoms. The minimum absolute atomic E-state index is 0.0907. The van der Waals surface area contributed by atoms with Gasteiger partial charge in [-0.3, -0.25) is 24.0 Å². The third-order valence-corrected chi connectivity index (χ3v) is 10.9. The highest BCUT2D eigenvalue weighted by atomic mass is 16.7. The number of unbranched alkanes of at least 4 members (excludes halogenated alkanes) is 5. The van der Waals surface area contributed by atoms with Crippen LogP contribution in [0.3, 0.4) is 0 Å². The molecule has 1 fully saturated rings. The second kappa shape index (κ2) is 28.1. The Balaban J connectivity index is 1.79. The first-order valence-corrected chi connectivity index (χ1v) is 22.9. The second-order valence-corrected chi connectivity index (χ2v) is 16.3. The zero-order valence-corrected chi connectivity index (χ0v) is 38.8. The highest BCUT2D eigenvalue weighted by molar-refractivity contribution is 6.00. The number of nitrogens with one attached hydrogen (secondary N) is 3. The molecule has 1 aromatic carbocycles. The van der Waals surface area contributed by atoms with Crippen molar-refractivity contribution < 1.29 is 66.6 Å². The Kier molecular flexibility index (Phi) is 23.1. The van der Waals surface area contributed by atoms with Crippen molar-refractivity contribution in [3.63, 3.8) is 0 Å². The van der Waals surface area contributed by atoms with Gasteiger partial charge >= 0.3 is 23.9 Å². The van der Waals surface area contributed by atoms with E-state index in [1.807, 2.05) is 27.7 Å². The number of carbonyl (C=O) groups excluding carboxylic acids is 8. The molecule has 0 aliphatic heterocycles. The number of ether oxygens (including phenoxy) is 4. The molecule has 0 bridgehead atoms. The van der Waals surface area contributed by atoms with Gasteiger partial charge in [0, 0.05) is 5.56 Å². The molecule has 3 rings (SSSR count). The lowest BCUT2D eigenvalue weighted by Gasteiger charge is -2.32. The molecule has 18 nitrogen and oxygen atoms in total. The third kappa shape index (κ3) is 17.5. The van der Waals surface area contributed by atoms with Crippen molar-refractivity contribution >= 4 is 48.0 Å². The first-order chi connectivity index (χ1) is 31.2. The van der Waals surface area contributed by atoms with E-state index in [1.54, 1.807) is 13.8 Å². The van der Waals surface area contributed by atoms with Crippen LogP contribution in [0.2, 0.25) is 0 Å². The van der Waals surface area contributed by atoms with Crippen LogP contribution in [0.1, 0.15) is 152 Å². The molecule has 1 aliphatic carbocycles. The van der Waals surface area contributed by atoms with E-state index in [1.165, 1.54) is 30.3 Å². The molecule has 4 amide bonds. The van der Waals surface area contributed by atoms with Crippen LogP contribution in [-0.4, -0.2) is 98.3 Å². The van der Waals surface area contributed by atoms with Crippen molar-refractivity contribution in [1.29, 1.82) is 0 Å². The molecule has 1 aliphatic rings. The van der Waals surface area contributed by atoms with Crippen LogP contribution in [-0.2, 0) is 47.8 Å². The SMILES string of the molecule is CCCCC[C@@H](C(=O)NCNC(=O)c1ccc(-c2ccc(C(=O)N[C@@H](CC(=O)OCCCC)C(=O)OCCCC)c(OCC(=O)OCCCC)c2)o1)[C@@H](CC)N(C=O)OC(=O)C1(C)CC1. The summed E-state index contributed by atoms with van der Waals surface area (Å²) in [5.41, 5.74) is -0.390. The lowest BCUT2D eigenvalue weighted by atomic mass is 9.90. The van der Waals surface area contributed by atoms with Gasteiger partial charge in [-0.25, -0.2) is 14.4 Å². The Bertz CT molecular complexity index is 1890. The molecule has 1 saturated carbocycles. The Morgan fingerprint density at radius 3 is 2.05 bits per heavy atom. The number of esters is 3. The summed E-state index contributed by atoms with van der Waals surface area (Å²) < 4.78 is 27.4. The number of rotatable bonds is 32. The predicted octanol–water partition coefficient (Wildman–Crippen LogP) is 6.34. The maximum atomic E-state index is 13.8. The summed E-state index contributed by atoms with van der Waals surface area (Å²) in [6, 6.07) is 5.08. The Labute approximate surface area is 381 Å². The number of hydrogen-bond acceptors (Lipinski definition) is 14. The zero-order valence-electron chi connectivity index (χ0n) is 38.8. The van der Waals surface area contributed by atoms with E-state index < -0.39 is 78.0 Å². The van der Waals surface area contributed by atoms with Crippen molar-refractivity contribution in [2.24, 2.45) is 11.3 Å². The van der Waals surface area contributed by atoms with E-state index in [2.05, 4.69) is 16.0 Å². The van der Waals surface area contributed by atoms with Gasteiger partial charge in [-0.15, -0.1) is 0 Å². The summed E-state index contributed by atoms with van der Waals surface area (Å²) >= 11 is 0. The summed E-state index contributed by atoms with van der Waals surface area (Å²) in [6.45, 7) is 11.0. The molecule has 0 unspecified atom stereocenters. The van der Waals surface area contributed by atoms with Gasteiger partial charge in [0.25, 0.3) is 11.8 Å². The van der Waals surface area contributed by atoms with E-state index in [9.17, 15) is 38.4 Å². The van der Waals surface area contributed by atoms with Gasteiger partial charge in [0.15, 0.2) is 12.4 Å². The topological polar surface area (TPSA) is 235 Å². The quantitative estimate of drug-likeness (QED) is 0.0182. The highest BCUT2D eigenvalue weighted by Crippen LogP contribution is 2.46. The van der Waals surface area contributed by atoms with Crippen LogP contribution < -0.4 is 20.7 Å². The first kappa shape index (κ1) is 53.4. The summed E-state index contributed by atoms with van der Waals surface area (Å²) in [6.07, 6.45) is 8.63. The molecular formula is C47H68N4O14. The largest absolute Gasteiger partial charge is 0.481 e. The number of benzene rings is 1. The first-order valence-electron chi connectivity index (χ1n) is 22.9. The van der Waals surface area contributed by atoms with Crippen LogP contribution in [0.5, 0.6) is 5.75 Å². The fraction of sp³-hybridized carbons (Fsp3) is 0.617. The van der Waals surface area contributed by atoms with E-state index in [0.717, 1.165) is 37.2 Å². The summed E-state index contributed by atoms with van der Waals surface area (Å²) in [5.74, 6) is -5.40. The summed E-state index contributed by atoms with van der Waals surface area (Å²) in [5, 5.41) is 8.81. The minimum Gasteiger partial charge on any atom is -0.481 e. The van der Waals surface area contributed by atoms with E-state index in [0.29, 0.717) is 63.3 Å². The maximum absolute atomic E-state index is 13.8. The smallest absolute Gasteiger partial charge is 0.344 e. The van der Waals surface area contributed by atoms with Gasteiger partial charge in [0.1, 0.15) is 17.6 Å². The zero-order chi connectivity index (χ0) is 47.8. The Hall–Kier alpha value is -5.94. The molecule has 360 valence electrons.